The molecule has 0 heterocycles. The van der Waals surface area contributed by atoms with E-state index in [0.717, 1.165) is 11.1 Å². The van der Waals surface area contributed by atoms with E-state index in [1.54, 1.807) is 24.4 Å². The monoisotopic (exact) mass is 372 g/mol. The Labute approximate surface area is 165 Å². The maximum atomic E-state index is 12.5. The fourth-order valence-corrected chi connectivity index (χ4v) is 2.71. The highest BCUT2D eigenvalue weighted by Crippen LogP contribution is 2.19. The highest BCUT2D eigenvalue weighted by atomic mass is 16.5. The van der Waals surface area contributed by atoms with Crippen LogP contribution in [-0.4, -0.2) is 12.1 Å². The number of rotatable bonds is 7. The van der Waals surface area contributed by atoms with Gasteiger partial charge in [-0.05, 0) is 34.7 Å². The third-order valence-corrected chi connectivity index (χ3v) is 4.35. The predicted molar refractivity (Wildman–Crippen MR) is 113 cm³/mol. The van der Waals surface area contributed by atoms with Gasteiger partial charge in [0.25, 0.3) is 5.91 Å². The van der Waals surface area contributed by atoms with Crippen LogP contribution < -0.4 is 10.2 Å². The molecule has 28 heavy (non-hydrogen) atoms. The van der Waals surface area contributed by atoms with Crippen LogP contribution in [0.4, 0.5) is 0 Å². The zero-order valence-corrected chi connectivity index (χ0v) is 16.1. The second kappa shape index (κ2) is 9.51. The first-order valence-electron chi connectivity index (χ1n) is 9.32. The Kier molecular flexibility index (Phi) is 6.58. The summed E-state index contributed by atoms with van der Waals surface area (Å²) in [5.74, 6) is 0.706. The molecule has 0 atom stereocenters. The molecule has 0 aliphatic carbocycles. The van der Waals surface area contributed by atoms with Gasteiger partial charge in [-0.15, -0.1) is 0 Å². The zero-order chi connectivity index (χ0) is 19.8. The average Bonchev–Trinajstić information content (AvgIpc) is 2.73. The van der Waals surface area contributed by atoms with Crippen molar-refractivity contribution in [2.24, 2.45) is 5.10 Å². The largest absolute Gasteiger partial charge is 0.488 e. The van der Waals surface area contributed by atoms with Crippen LogP contribution in [0.25, 0.3) is 0 Å². The van der Waals surface area contributed by atoms with Crippen molar-refractivity contribution in [1.82, 2.24) is 5.43 Å². The van der Waals surface area contributed by atoms with E-state index in [4.69, 9.17) is 4.74 Å². The second-order valence-electron chi connectivity index (χ2n) is 6.79. The van der Waals surface area contributed by atoms with Gasteiger partial charge in [0.2, 0.25) is 0 Å². The van der Waals surface area contributed by atoms with E-state index in [0.29, 0.717) is 23.8 Å². The third-order valence-electron chi connectivity index (χ3n) is 4.35. The lowest BCUT2D eigenvalue weighted by atomic mass is 10.0. The van der Waals surface area contributed by atoms with Crippen LogP contribution in [0.15, 0.2) is 84.0 Å². The minimum absolute atomic E-state index is 0.307. The first-order valence-corrected chi connectivity index (χ1v) is 9.32. The van der Waals surface area contributed by atoms with E-state index in [2.05, 4.69) is 36.5 Å². The molecular formula is C24H24N2O2. The van der Waals surface area contributed by atoms with Gasteiger partial charge in [-0.3, -0.25) is 4.79 Å². The van der Waals surface area contributed by atoms with Crippen molar-refractivity contribution in [2.45, 2.75) is 26.4 Å². The van der Waals surface area contributed by atoms with Crippen LogP contribution in [-0.2, 0) is 6.61 Å². The molecule has 3 aromatic rings. The van der Waals surface area contributed by atoms with Crippen molar-refractivity contribution >= 4 is 12.1 Å². The molecule has 0 saturated heterocycles. The molecule has 4 heteroatoms. The Bertz CT molecular complexity index is 932. The summed E-state index contributed by atoms with van der Waals surface area (Å²) >= 11 is 0. The number of hydrazone groups is 1. The molecule has 0 aliphatic heterocycles. The number of hydrogen-bond donors (Lipinski definition) is 1. The van der Waals surface area contributed by atoms with E-state index in [9.17, 15) is 4.79 Å². The average molecular weight is 372 g/mol. The van der Waals surface area contributed by atoms with Crippen molar-refractivity contribution in [3.63, 3.8) is 0 Å². The van der Waals surface area contributed by atoms with Gasteiger partial charge in [-0.1, -0.05) is 80.6 Å². The first-order chi connectivity index (χ1) is 13.6. The van der Waals surface area contributed by atoms with E-state index in [1.807, 2.05) is 48.5 Å². The number of amides is 1. The minimum atomic E-state index is -0.307. The number of nitrogens with one attached hydrogen (secondary N) is 1. The van der Waals surface area contributed by atoms with Crippen LogP contribution in [0.1, 0.15) is 46.8 Å². The van der Waals surface area contributed by atoms with Crippen LogP contribution in [0.5, 0.6) is 5.75 Å². The Morgan fingerprint density at radius 3 is 2.36 bits per heavy atom. The number of nitrogens with zero attached hydrogens (tertiary/aromatic N) is 1. The van der Waals surface area contributed by atoms with E-state index >= 15 is 0 Å². The summed E-state index contributed by atoms with van der Waals surface area (Å²) in [7, 11) is 0. The highest BCUT2D eigenvalue weighted by Gasteiger charge is 2.11. The number of carbonyl (C=O) groups excluding carboxylic acids is 1. The molecule has 0 aliphatic rings. The van der Waals surface area contributed by atoms with Gasteiger partial charge < -0.3 is 4.74 Å². The Morgan fingerprint density at radius 2 is 1.64 bits per heavy atom. The molecule has 0 aromatic heterocycles. The van der Waals surface area contributed by atoms with Crippen LogP contribution in [0, 0.1) is 0 Å². The van der Waals surface area contributed by atoms with Crippen molar-refractivity contribution in [1.29, 1.82) is 0 Å². The van der Waals surface area contributed by atoms with Gasteiger partial charge in [0.05, 0.1) is 11.8 Å². The number of benzene rings is 3. The Morgan fingerprint density at radius 1 is 0.964 bits per heavy atom. The normalized spacial score (nSPS) is 11.0. The molecule has 1 N–H and O–H groups in total. The lowest BCUT2D eigenvalue weighted by Crippen LogP contribution is -2.18. The summed E-state index contributed by atoms with van der Waals surface area (Å²) in [6.07, 6.45) is 1.63. The van der Waals surface area contributed by atoms with Crippen molar-refractivity contribution in [2.75, 3.05) is 0 Å². The SMILES string of the molecule is CC(C)c1ccc(/C=N/NC(=O)c2ccccc2OCc2ccccc2)cc1. The third kappa shape index (κ3) is 5.30. The molecule has 0 bridgehead atoms. The summed E-state index contributed by atoms with van der Waals surface area (Å²) in [5.41, 5.74) is 6.26. The fraction of sp³-hybridized carbons (Fsp3) is 0.167. The van der Waals surface area contributed by atoms with Gasteiger partial charge in [0, 0.05) is 0 Å². The van der Waals surface area contributed by atoms with Gasteiger partial charge in [0.1, 0.15) is 12.4 Å². The van der Waals surface area contributed by atoms with Gasteiger partial charge in [-0.2, -0.15) is 5.10 Å². The lowest BCUT2D eigenvalue weighted by Gasteiger charge is -2.10. The van der Waals surface area contributed by atoms with E-state index in [1.165, 1.54) is 5.56 Å². The summed E-state index contributed by atoms with van der Waals surface area (Å²) in [6.45, 7) is 4.71. The summed E-state index contributed by atoms with van der Waals surface area (Å²) in [4.78, 5) is 12.5. The summed E-state index contributed by atoms with van der Waals surface area (Å²) < 4.78 is 5.83. The Balaban J connectivity index is 1.62. The maximum Gasteiger partial charge on any atom is 0.275 e. The fourth-order valence-electron chi connectivity index (χ4n) is 2.71. The summed E-state index contributed by atoms with van der Waals surface area (Å²) in [5, 5.41) is 4.07. The van der Waals surface area contributed by atoms with Crippen LogP contribution in [0.3, 0.4) is 0 Å². The standard InChI is InChI=1S/C24H24N2O2/c1-18(2)21-14-12-19(13-15-21)16-25-26-24(27)22-10-6-7-11-23(22)28-17-20-8-4-3-5-9-20/h3-16,18H,17H2,1-2H3,(H,26,27)/b25-16+. The van der Waals surface area contributed by atoms with Crippen LogP contribution in [0.2, 0.25) is 0 Å². The molecule has 3 rings (SSSR count). The molecule has 3 aromatic carbocycles. The second-order valence-corrected chi connectivity index (χ2v) is 6.79. The van der Waals surface area contributed by atoms with E-state index in [-0.39, 0.29) is 5.91 Å². The lowest BCUT2D eigenvalue weighted by molar-refractivity contribution is 0.0950. The first kappa shape index (κ1) is 19.4. The van der Waals surface area contributed by atoms with Crippen molar-refractivity contribution in [3.05, 3.63) is 101 Å². The maximum absolute atomic E-state index is 12.5. The molecule has 0 saturated carbocycles. The van der Waals surface area contributed by atoms with Gasteiger partial charge in [-0.25, -0.2) is 5.43 Å². The molecular weight excluding hydrogens is 348 g/mol. The van der Waals surface area contributed by atoms with Crippen molar-refractivity contribution < 1.29 is 9.53 Å². The number of ether oxygens (including phenoxy) is 1. The zero-order valence-electron chi connectivity index (χ0n) is 16.1. The number of para-hydroxylation sites is 1. The predicted octanol–water partition coefficient (Wildman–Crippen LogP) is 5.15. The molecule has 0 unspecified atom stereocenters. The molecule has 142 valence electrons. The van der Waals surface area contributed by atoms with Crippen LogP contribution >= 0.6 is 0 Å². The minimum Gasteiger partial charge on any atom is -0.488 e. The topological polar surface area (TPSA) is 50.7 Å². The number of hydrogen-bond acceptors (Lipinski definition) is 3. The molecule has 4 nitrogen and oxygen atoms in total. The van der Waals surface area contributed by atoms with Crippen molar-refractivity contribution in [3.8, 4) is 5.75 Å². The highest BCUT2D eigenvalue weighted by molar-refractivity contribution is 5.97. The smallest absolute Gasteiger partial charge is 0.275 e. The quantitative estimate of drug-likeness (QED) is 0.460. The van der Waals surface area contributed by atoms with Gasteiger partial charge >= 0.3 is 0 Å². The van der Waals surface area contributed by atoms with Gasteiger partial charge in [0.15, 0.2) is 0 Å². The molecule has 0 spiro atoms. The molecule has 0 radical (unpaired) electrons. The molecule has 1 amide bonds. The van der Waals surface area contributed by atoms with E-state index < -0.39 is 0 Å². The number of carbonyl (C=O) groups is 1. The Hall–Kier alpha value is -3.40. The molecule has 0 fully saturated rings. The summed E-state index contributed by atoms with van der Waals surface area (Å²) in [6, 6.07) is 25.1.